The molecule has 104 valence electrons. The molecule has 1 N–H and O–H groups in total. The highest BCUT2D eigenvalue weighted by atomic mass is 79.9. The molecular formula is C16H23BrN2. The van der Waals surface area contributed by atoms with Crippen molar-refractivity contribution >= 4 is 21.6 Å². The number of benzene rings is 1. The number of anilines is 1. The standard InChI is InChI=1S/C16H23BrN2/c1-13(2)7-10-19-11-8-14(9-12-19)18-16-6-4-3-5-15(16)17/h3-7,14,18H,8-12H2,1-2H3. The molecule has 0 spiro atoms. The van der Waals surface area contributed by atoms with Crippen LogP contribution < -0.4 is 5.32 Å². The summed E-state index contributed by atoms with van der Waals surface area (Å²) in [5.74, 6) is 0. The maximum Gasteiger partial charge on any atom is 0.0486 e. The van der Waals surface area contributed by atoms with E-state index in [0.717, 1.165) is 11.0 Å². The van der Waals surface area contributed by atoms with Gasteiger partial charge < -0.3 is 5.32 Å². The third-order valence-corrected chi connectivity index (χ3v) is 4.27. The minimum atomic E-state index is 0.599. The van der Waals surface area contributed by atoms with Crippen molar-refractivity contribution in [3.63, 3.8) is 0 Å². The number of halogens is 1. The first-order valence-electron chi connectivity index (χ1n) is 7.02. The molecule has 2 rings (SSSR count). The molecule has 3 heteroatoms. The van der Waals surface area contributed by atoms with E-state index in [9.17, 15) is 0 Å². The van der Waals surface area contributed by atoms with Gasteiger partial charge in [-0.15, -0.1) is 0 Å². The van der Waals surface area contributed by atoms with Crippen molar-refractivity contribution in [2.24, 2.45) is 0 Å². The third-order valence-electron chi connectivity index (χ3n) is 3.58. The van der Waals surface area contributed by atoms with E-state index in [0.29, 0.717) is 6.04 Å². The molecule has 1 saturated heterocycles. The molecule has 1 aliphatic heterocycles. The number of rotatable bonds is 4. The van der Waals surface area contributed by atoms with E-state index in [1.54, 1.807) is 0 Å². The Morgan fingerprint density at radius 2 is 2.00 bits per heavy atom. The van der Waals surface area contributed by atoms with Crippen LogP contribution in [-0.4, -0.2) is 30.6 Å². The molecule has 1 aromatic rings. The fourth-order valence-electron chi connectivity index (χ4n) is 2.37. The number of allylic oxidation sites excluding steroid dienone is 1. The van der Waals surface area contributed by atoms with Crippen molar-refractivity contribution in [1.82, 2.24) is 4.90 Å². The number of piperidine rings is 1. The van der Waals surface area contributed by atoms with Gasteiger partial charge in [0.2, 0.25) is 0 Å². The van der Waals surface area contributed by atoms with Crippen molar-refractivity contribution in [3.05, 3.63) is 40.4 Å². The van der Waals surface area contributed by atoms with Gasteiger partial charge in [0.15, 0.2) is 0 Å². The van der Waals surface area contributed by atoms with Gasteiger partial charge in [0.25, 0.3) is 0 Å². The largest absolute Gasteiger partial charge is 0.381 e. The lowest BCUT2D eigenvalue weighted by Crippen LogP contribution is -2.39. The maximum atomic E-state index is 3.65. The fraction of sp³-hybridized carbons (Fsp3) is 0.500. The van der Waals surface area contributed by atoms with Crippen molar-refractivity contribution in [1.29, 1.82) is 0 Å². The van der Waals surface area contributed by atoms with E-state index in [1.807, 2.05) is 0 Å². The molecule has 1 heterocycles. The van der Waals surface area contributed by atoms with Gasteiger partial charge in [0.1, 0.15) is 0 Å². The van der Waals surface area contributed by atoms with Gasteiger partial charge in [0.05, 0.1) is 0 Å². The summed E-state index contributed by atoms with van der Waals surface area (Å²) in [6, 6.07) is 8.96. The van der Waals surface area contributed by atoms with Crippen molar-refractivity contribution in [2.75, 3.05) is 25.0 Å². The zero-order valence-corrected chi connectivity index (χ0v) is 13.4. The van der Waals surface area contributed by atoms with Crippen LogP contribution in [-0.2, 0) is 0 Å². The van der Waals surface area contributed by atoms with E-state index in [-0.39, 0.29) is 0 Å². The molecule has 1 aromatic carbocycles. The molecule has 0 radical (unpaired) electrons. The Labute approximate surface area is 125 Å². The summed E-state index contributed by atoms with van der Waals surface area (Å²) >= 11 is 3.60. The zero-order chi connectivity index (χ0) is 13.7. The highest BCUT2D eigenvalue weighted by Gasteiger charge is 2.18. The molecular weight excluding hydrogens is 300 g/mol. The predicted octanol–water partition coefficient (Wildman–Crippen LogP) is 4.29. The van der Waals surface area contributed by atoms with E-state index in [4.69, 9.17) is 0 Å². The maximum absolute atomic E-state index is 3.65. The van der Waals surface area contributed by atoms with Gasteiger partial charge >= 0.3 is 0 Å². The second kappa shape index (κ2) is 7.11. The molecule has 2 nitrogen and oxygen atoms in total. The van der Waals surface area contributed by atoms with Crippen molar-refractivity contribution < 1.29 is 0 Å². The van der Waals surface area contributed by atoms with Gasteiger partial charge in [-0.1, -0.05) is 23.8 Å². The minimum Gasteiger partial charge on any atom is -0.381 e. The number of likely N-dealkylation sites (tertiary alicyclic amines) is 1. The molecule has 0 unspecified atom stereocenters. The molecule has 0 saturated carbocycles. The van der Waals surface area contributed by atoms with E-state index >= 15 is 0 Å². The first-order chi connectivity index (χ1) is 9.15. The number of para-hydroxylation sites is 1. The molecule has 0 aromatic heterocycles. The van der Waals surface area contributed by atoms with Gasteiger partial charge in [-0.25, -0.2) is 0 Å². The van der Waals surface area contributed by atoms with Crippen LogP contribution in [0.5, 0.6) is 0 Å². The average molecular weight is 323 g/mol. The molecule has 0 amide bonds. The van der Waals surface area contributed by atoms with Crippen molar-refractivity contribution in [3.8, 4) is 0 Å². The second-order valence-electron chi connectivity index (χ2n) is 5.48. The molecule has 1 aliphatic rings. The highest BCUT2D eigenvalue weighted by molar-refractivity contribution is 9.10. The first kappa shape index (κ1) is 14.6. The Kier molecular flexibility index (Phi) is 5.46. The summed E-state index contributed by atoms with van der Waals surface area (Å²) in [6.07, 6.45) is 4.76. The minimum absolute atomic E-state index is 0.599. The topological polar surface area (TPSA) is 15.3 Å². The zero-order valence-electron chi connectivity index (χ0n) is 11.8. The summed E-state index contributed by atoms with van der Waals surface area (Å²) in [4.78, 5) is 2.53. The van der Waals surface area contributed by atoms with Gasteiger partial charge in [-0.2, -0.15) is 0 Å². The summed E-state index contributed by atoms with van der Waals surface area (Å²) < 4.78 is 1.15. The average Bonchev–Trinajstić information content (AvgIpc) is 2.40. The van der Waals surface area contributed by atoms with Gasteiger partial charge in [0, 0.05) is 35.8 Å². The van der Waals surface area contributed by atoms with Gasteiger partial charge in [-0.3, -0.25) is 4.90 Å². The predicted molar refractivity (Wildman–Crippen MR) is 86.7 cm³/mol. The van der Waals surface area contributed by atoms with Gasteiger partial charge in [-0.05, 0) is 54.8 Å². The van der Waals surface area contributed by atoms with Crippen LogP contribution in [0.2, 0.25) is 0 Å². The van der Waals surface area contributed by atoms with Crippen LogP contribution in [0.25, 0.3) is 0 Å². The molecule has 0 bridgehead atoms. The first-order valence-corrected chi connectivity index (χ1v) is 7.81. The van der Waals surface area contributed by atoms with Crippen molar-refractivity contribution in [2.45, 2.75) is 32.7 Å². The lowest BCUT2D eigenvalue weighted by Gasteiger charge is -2.32. The van der Waals surface area contributed by atoms with Crippen LogP contribution in [0.1, 0.15) is 26.7 Å². The Balaban J connectivity index is 1.81. The molecule has 19 heavy (non-hydrogen) atoms. The number of hydrogen-bond donors (Lipinski definition) is 1. The Hall–Kier alpha value is -0.800. The second-order valence-corrected chi connectivity index (χ2v) is 6.33. The summed E-state index contributed by atoms with van der Waals surface area (Å²) in [6.45, 7) is 7.81. The Bertz CT molecular complexity index is 430. The van der Waals surface area contributed by atoms with Crippen LogP contribution in [0.15, 0.2) is 40.4 Å². The third kappa shape index (κ3) is 4.66. The number of nitrogens with zero attached hydrogens (tertiary/aromatic N) is 1. The number of hydrogen-bond acceptors (Lipinski definition) is 2. The monoisotopic (exact) mass is 322 g/mol. The molecule has 1 fully saturated rings. The Morgan fingerprint density at radius 1 is 1.32 bits per heavy atom. The molecule has 0 atom stereocenters. The summed E-state index contributed by atoms with van der Waals surface area (Å²) in [5, 5.41) is 3.65. The SMILES string of the molecule is CC(C)=CCN1CCC(Nc2ccccc2Br)CC1. The quantitative estimate of drug-likeness (QED) is 0.832. The lowest BCUT2D eigenvalue weighted by atomic mass is 10.0. The van der Waals surface area contributed by atoms with Crippen LogP contribution >= 0.6 is 15.9 Å². The van der Waals surface area contributed by atoms with E-state index < -0.39 is 0 Å². The van der Waals surface area contributed by atoms with E-state index in [1.165, 1.54) is 37.2 Å². The fourth-order valence-corrected chi connectivity index (χ4v) is 2.77. The highest BCUT2D eigenvalue weighted by Crippen LogP contribution is 2.24. The number of nitrogens with one attached hydrogen (secondary N) is 1. The normalized spacial score (nSPS) is 17.2. The lowest BCUT2D eigenvalue weighted by molar-refractivity contribution is 0.240. The summed E-state index contributed by atoms with van der Waals surface area (Å²) in [7, 11) is 0. The van der Waals surface area contributed by atoms with E-state index in [2.05, 4.69) is 70.3 Å². The Morgan fingerprint density at radius 3 is 2.63 bits per heavy atom. The smallest absolute Gasteiger partial charge is 0.0486 e. The van der Waals surface area contributed by atoms with Crippen LogP contribution in [0.3, 0.4) is 0 Å². The summed E-state index contributed by atoms with van der Waals surface area (Å²) in [5.41, 5.74) is 2.62. The molecule has 0 aliphatic carbocycles. The van der Waals surface area contributed by atoms with Crippen LogP contribution in [0, 0.1) is 0 Å². The van der Waals surface area contributed by atoms with Crippen LogP contribution in [0.4, 0.5) is 5.69 Å².